The monoisotopic (exact) mass is 1330 g/mol. The van der Waals surface area contributed by atoms with E-state index in [0.717, 1.165) is 40.4 Å². The summed E-state index contributed by atoms with van der Waals surface area (Å²) < 4.78 is 12.9. The molecule has 0 aromatic heterocycles. The summed E-state index contributed by atoms with van der Waals surface area (Å²) in [4.78, 5) is 0. The van der Waals surface area contributed by atoms with Crippen LogP contribution in [0.1, 0.15) is 211 Å². The fourth-order valence-corrected chi connectivity index (χ4v) is 15.8. The molecule has 3 saturated carbocycles. The van der Waals surface area contributed by atoms with E-state index in [0.29, 0.717) is 0 Å². The van der Waals surface area contributed by atoms with Gasteiger partial charge >= 0.3 is 0 Å². The van der Waals surface area contributed by atoms with Gasteiger partial charge in [0.25, 0.3) is 0 Å². The predicted molar refractivity (Wildman–Crippen MR) is 439 cm³/mol. The fourth-order valence-electron chi connectivity index (χ4n) is 15.8. The molecule has 3 aliphatic carbocycles. The Morgan fingerprint density at radius 3 is 1.10 bits per heavy atom. The van der Waals surface area contributed by atoms with Crippen LogP contribution in [0.4, 0.5) is 4.39 Å². The van der Waals surface area contributed by atoms with Gasteiger partial charge in [-0.25, -0.2) is 4.39 Å². The standard InChI is InChI=1S/C18H20.C17H20.C15H18.C12H12.C12H18.C9H11F.C9H12.C7H8/c1-12-8-14-4-2-3-5-16(14)18(9-12)17-11-13-6-7-15(17)10-13;1-13-11-15-9-5-6-10-16(15)17(12-13)14-7-3-2-4-8-14;1-11-9-12-7-5-6-8-13(12)14(10-11)15(2,3)4;1-9-7-10(2)12-6-4-3-5-11(12)8-9;1-9-6-10(2)8-11(7-9)12(3,4)5;1-6-4-7(2)9(10)8(3)5-6;1-7-4-8(2)6-9(3)5-7;1-7-5-3-2-4-6-7/h2-5,8-9,13,15,17H,6-7,10-11H2,1H3;5-6,9-12,14H,2-4,7-8H2,1H3;5-10H,1-4H3;3-8H,1-2H3;6-8H,1-5H3;4-5H,1-3H3;4-6H,1-3H3;2-6H,1H3. The summed E-state index contributed by atoms with van der Waals surface area (Å²) in [6, 6.07) is 80.7. The van der Waals surface area contributed by atoms with Crippen LogP contribution in [0.2, 0.25) is 0 Å². The normalized spacial score (nSPS) is 15.3. The zero-order valence-electron chi connectivity index (χ0n) is 64.9. The SMILES string of the molecule is Cc1cc(C(C)(C)C)c2ccccc2c1.Cc1cc(C)c(F)c(C)c1.Cc1cc(C)c2ccccc2c1.Cc1cc(C)cc(C(C)(C)C)c1.Cc1cc(C)cc(C)c1.Cc1cc(C2CC3CCC2C3)c2ccccc2c1.Cc1cc(C2CCCCC2)c2ccccc2c1.Cc1ccccc1. The van der Waals surface area contributed by atoms with E-state index in [1.807, 2.05) is 37.3 Å². The van der Waals surface area contributed by atoms with E-state index < -0.39 is 0 Å². The van der Waals surface area contributed by atoms with Gasteiger partial charge in [0.1, 0.15) is 5.82 Å². The number of benzene rings is 12. The van der Waals surface area contributed by atoms with Crippen molar-refractivity contribution in [3.8, 4) is 0 Å². The average molecular weight is 1330 g/mol. The molecule has 0 spiro atoms. The number of rotatable bonds is 2. The minimum absolute atomic E-state index is 0.0781. The van der Waals surface area contributed by atoms with Crippen molar-refractivity contribution in [1.82, 2.24) is 0 Å². The molecule has 0 saturated heterocycles. The van der Waals surface area contributed by atoms with Crippen molar-refractivity contribution in [3.63, 3.8) is 0 Å². The van der Waals surface area contributed by atoms with Crippen LogP contribution in [0.5, 0.6) is 0 Å². The van der Waals surface area contributed by atoms with E-state index in [9.17, 15) is 4.39 Å². The maximum Gasteiger partial charge on any atom is 0.129 e. The van der Waals surface area contributed by atoms with Gasteiger partial charge in [0.2, 0.25) is 0 Å². The van der Waals surface area contributed by atoms with Gasteiger partial charge in [-0.1, -0.05) is 353 Å². The molecule has 522 valence electrons. The molecule has 100 heavy (non-hydrogen) atoms. The van der Waals surface area contributed by atoms with E-state index in [1.54, 1.807) is 25.0 Å². The van der Waals surface area contributed by atoms with Crippen molar-refractivity contribution >= 4 is 43.1 Å². The Kier molecular flexibility index (Phi) is 27.7. The predicted octanol–water partition coefficient (Wildman–Crippen LogP) is 29.1. The lowest BCUT2D eigenvalue weighted by molar-refractivity contribution is 0.422. The summed E-state index contributed by atoms with van der Waals surface area (Å²) in [6.07, 6.45) is 12.9. The summed E-state index contributed by atoms with van der Waals surface area (Å²) in [5, 5.41) is 11.3. The molecule has 0 aliphatic heterocycles. The van der Waals surface area contributed by atoms with E-state index in [4.69, 9.17) is 0 Å². The van der Waals surface area contributed by atoms with Crippen LogP contribution in [0.3, 0.4) is 0 Å². The molecular weight excluding hydrogens is 1210 g/mol. The Morgan fingerprint density at radius 2 is 0.660 bits per heavy atom. The van der Waals surface area contributed by atoms with Gasteiger partial charge in [-0.15, -0.1) is 0 Å². The maximum atomic E-state index is 12.9. The van der Waals surface area contributed by atoms with Crippen LogP contribution in [0.15, 0.2) is 224 Å². The quantitative estimate of drug-likeness (QED) is 0.162. The van der Waals surface area contributed by atoms with Gasteiger partial charge in [0.05, 0.1) is 0 Å². The smallest absolute Gasteiger partial charge is 0.129 e. The first-order valence-corrected chi connectivity index (χ1v) is 37.3. The van der Waals surface area contributed by atoms with Crippen molar-refractivity contribution < 1.29 is 4.39 Å². The largest absolute Gasteiger partial charge is 0.206 e. The highest BCUT2D eigenvalue weighted by Gasteiger charge is 2.40. The van der Waals surface area contributed by atoms with Gasteiger partial charge in [0.15, 0.2) is 0 Å². The van der Waals surface area contributed by atoms with Crippen LogP contribution in [0.25, 0.3) is 43.1 Å². The molecule has 15 rings (SSSR count). The number of hydrogen-bond donors (Lipinski definition) is 0. The summed E-state index contributed by atoms with van der Waals surface area (Å²) in [5.74, 6) is 3.56. The molecule has 3 atom stereocenters. The second-order valence-electron chi connectivity index (χ2n) is 32.0. The lowest BCUT2D eigenvalue weighted by Crippen LogP contribution is -2.11. The van der Waals surface area contributed by atoms with Crippen LogP contribution >= 0.6 is 0 Å². The number of fused-ring (bicyclic) bond motifs is 6. The summed E-state index contributed by atoms with van der Waals surface area (Å²) in [7, 11) is 0. The van der Waals surface area contributed by atoms with Gasteiger partial charge in [-0.05, 0) is 246 Å². The molecule has 0 nitrogen and oxygen atoms in total. The third-order valence-electron chi connectivity index (χ3n) is 20.3. The molecule has 1 heteroatoms. The maximum absolute atomic E-state index is 12.9. The highest BCUT2D eigenvalue weighted by Crippen LogP contribution is 2.54. The Labute approximate surface area is 605 Å². The van der Waals surface area contributed by atoms with Crippen LogP contribution in [-0.2, 0) is 10.8 Å². The van der Waals surface area contributed by atoms with Crippen molar-refractivity contribution in [2.75, 3.05) is 0 Å². The average Bonchev–Trinajstić information content (AvgIpc) is 1.45. The van der Waals surface area contributed by atoms with Crippen molar-refractivity contribution in [3.05, 3.63) is 330 Å². The van der Waals surface area contributed by atoms with E-state index >= 15 is 0 Å². The summed E-state index contributed by atoms with van der Waals surface area (Å²) >= 11 is 0. The zero-order valence-corrected chi connectivity index (χ0v) is 64.9. The van der Waals surface area contributed by atoms with Gasteiger partial charge in [0, 0.05) is 0 Å². The Hall–Kier alpha value is -8.39. The second kappa shape index (κ2) is 35.8. The number of hydrogen-bond acceptors (Lipinski definition) is 0. The fraction of sp³-hybridized carbons (Fsp3) is 0.354. The Morgan fingerprint density at radius 1 is 0.290 bits per heavy atom. The highest BCUT2D eigenvalue weighted by molar-refractivity contribution is 5.89. The molecule has 0 amide bonds. The van der Waals surface area contributed by atoms with E-state index in [2.05, 4.69) is 312 Å². The molecule has 12 aromatic carbocycles. The van der Waals surface area contributed by atoms with Crippen molar-refractivity contribution in [2.24, 2.45) is 11.8 Å². The molecule has 3 fully saturated rings. The van der Waals surface area contributed by atoms with Gasteiger partial charge in [-0.2, -0.15) is 0 Å². The Bertz CT molecular complexity index is 4520. The number of halogens is 1. The first-order valence-electron chi connectivity index (χ1n) is 37.3. The minimum atomic E-state index is -0.0781. The molecule has 0 radical (unpaired) electrons. The summed E-state index contributed by atoms with van der Waals surface area (Å²) in [5.41, 5.74) is 24.2. The lowest BCUT2D eigenvalue weighted by Gasteiger charge is -2.24. The van der Waals surface area contributed by atoms with Crippen molar-refractivity contribution in [1.29, 1.82) is 0 Å². The Balaban J connectivity index is 0.000000148. The molecule has 3 unspecified atom stereocenters. The first-order chi connectivity index (χ1) is 47.5. The highest BCUT2D eigenvalue weighted by atomic mass is 19.1. The first kappa shape index (κ1) is 77.3. The topological polar surface area (TPSA) is 0 Å². The van der Waals surface area contributed by atoms with Crippen LogP contribution in [0, 0.1) is 115 Å². The van der Waals surface area contributed by atoms with Crippen molar-refractivity contribution in [2.45, 2.75) is 219 Å². The van der Waals surface area contributed by atoms with E-state index in [-0.39, 0.29) is 16.6 Å². The molecular formula is C99H119F. The molecule has 2 bridgehead atoms. The molecule has 0 N–H and O–H groups in total. The van der Waals surface area contributed by atoms with Crippen LogP contribution < -0.4 is 0 Å². The molecule has 0 heterocycles. The molecule has 3 aliphatic rings. The van der Waals surface area contributed by atoms with Gasteiger partial charge in [-0.3, -0.25) is 0 Å². The van der Waals surface area contributed by atoms with E-state index in [1.165, 1.54) is 173 Å². The third-order valence-corrected chi connectivity index (χ3v) is 20.3. The number of aryl methyl sites for hydroxylation is 14. The lowest BCUT2D eigenvalue weighted by atomic mass is 9.81. The summed E-state index contributed by atoms with van der Waals surface area (Å²) in [6.45, 7) is 42.8. The van der Waals surface area contributed by atoms with Gasteiger partial charge < -0.3 is 0 Å². The van der Waals surface area contributed by atoms with Crippen LogP contribution in [-0.4, -0.2) is 0 Å². The zero-order chi connectivity index (χ0) is 72.4. The molecule has 12 aromatic rings. The minimum Gasteiger partial charge on any atom is -0.206 e. The third kappa shape index (κ3) is 22.6. The second-order valence-corrected chi connectivity index (χ2v) is 32.0.